The van der Waals surface area contributed by atoms with Crippen LogP contribution < -0.4 is 16.0 Å². The van der Waals surface area contributed by atoms with Crippen LogP contribution in [-0.4, -0.2) is 30.8 Å². The Labute approximate surface area is 165 Å². The standard InChI is InChI=1S/C22H27N3O3/c1-16(25-21(27)15-18-7-4-3-5-8-18)19-9-11-20(12-10-19)22(28)24-14-6-13-23-17(2)26/h3-5,7-12,16H,6,13-15H2,1-2H3,(H,23,26)(H,24,28)(H,25,27). The molecular weight excluding hydrogens is 354 g/mol. The van der Waals surface area contributed by atoms with E-state index in [4.69, 9.17) is 0 Å². The van der Waals surface area contributed by atoms with Gasteiger partial charge in [0.25, 0.3) is 5.91 Å². The Morgan fingerprint density at radius 2 is 1.54 bits per heavy atom. The van der Waals surface area contributed by atoms with E-state index < -0.39 is 0 Å². The predicted octanol–water partition coefficient (Wildman–Crippen LogP) is 2.36. The Morgan fingerprint density at radius 3 is 2.18 bits per heavy atom. The van der Waals surface area contributed by atoms with Crippen LogP contribution in [0.15, 0.2) is 54.6 Å². The van der Waals surface area contributed by atoms with Crippen molar-refractivity contribution in [3.05, 3.63) is 71.3 Å². The summed E-state index contributed by atoms with van der Waals surface area (Å²) >= 11 is 0. The number of benzene rings is 2. The fourth-order valence-corrected chi connectivity index (χ4v) is 2.74. The molecule has 0 saturated carbocycles. The normalized spacial score (nSPS) is 11.4. The summed E-state index contributed by atoms with van der Waals surface area (Å²) in [6.07, 6.45) is 1.01. The molecule has 0 fully saturated rings. The monoisotopic (exact) mass is 381 g/mol. The van der Waals surface area contributed by atoms with Crippen LogP contribution in [0.2, 0.25) is 0 Å². The van der Waals surface area contributed by atoms with E-state index in [-0.39, 0.29) is 23.8 Å². The van der Waals surface area contributed by atoms with E-state index in [0.29, 0.717) is 31.5 Å². The molecular formula is C22H27N3O3. The quantitative estimate of drug-likeness (QED) is 0.583. The molecule has 2 aromatic rings. The van der Waals surface area contributed by atoms with Crippen molar-refractivity contribution in [1.82, 2.24) is 16.0 Å². The van der Waals surface area contributed by atoms with Crippen molar-refractivity contribution in [3.63, 3.8) is 0 Å². The first-order chi connectivity index (χ1) is 13.5. The van der Waals surface area contributed by atoms with Crippen molar-refractivity contribution in [1.29, 1.82) is 0 Å². The molecule has 1 unspecified atom stereocenters. The number of carbonyl (C=O) groups is 3. The molecule has 2 rings (SSSR count). The van der Waals surface area contributed by atoms with E-state index in [1.54, 1.807) is 12.1 Å². The highest BCUT2D eigenvalue weighted by molar-refractivity contribution is 5.94. The van der Waals surface area contributed by atoms with Gasteiger partial charge in [-0.05, 0) is 36.6 Å². The van der Waals surface area contributed by atoms with Crippen molar-refractivity contribution in [2.75, 3.05) is 13.1 Å². The van der Waals surface area contributed by atoms with Crippen LogP contribution in [0.3, 0.4) is 0 Å². The summed E-state index contributed by atoms with van der Waals surface area (Å²) in [6.45, 7) is 4.41. The molecule has 148 valence electrons. The summed E-state index contributed by atoms with van der Waals surface area (Å²) in [5.41, 5.74) is 2.47. The minimum Gasteiger partial charge on any atom is -0.356 e. The van der Waals surface area contributed by atoms with Crippen LogP contribution in [0.25, 0.3) is 0 Å². The topological polar surface area (TPSA) is 87.3 Å². The molecule has 0 aliphatic heterocycles. The summed E-state index contributed by atoms with van der Waals surface area (Å²) in [7, 11) is 0. The van der Waals surface area contributed by atoms with Crippen molar-refractivity contribution >= 4 is 17.7 Å². The number of nitrogens with one attached hydrogen (secondary N) is 3. The maximum atomic E-state index is 12.2. The van der Waals surface area contributed by atoms with Crippen LogP contribution in [0.5, 0.6) is 0 Å². The maximum Gasteiger partial charge on any atom is 0.251 e. The minimum atomic E-state index is -0.157. The SMILES string of the molecule is CC(=O)NCCCNC(=O)c1ccc(C(C)NC(=O)Cc2ccccc2)cc1. The zero-order valence-electron chi connectivity index (χ0n) is 16.3. The van der Waals surface area contributed by atoms with Gasteiger partial charge in [0.2, 0.25) is 11.8 Å². The van der Waals surface area contributed by atoms with Gasteiger partial charge in [-0.1, -0.05) is 42.5 Å². The second kappa shape index (κ2) is 10.9. The van der Waals surface area contributed by atoms with Gasteiger partial charge in [-0.15, -0.1) is 0 Å². The van der Waals surface area contributed by atoms with Crippen LogP contribution in [0.1, 0.15) is 47.8 Å². The van der Waals surface area contributed by atoms with Gasteiger partial charge in [-0.25, -0.2) is 0 Å². The zero-order valence-corrected chi connectivity index (χ0v) is 16.3. The first kappa shape index (κ1) is 21.2. The summed E-state index contributed by atoms with van der Waals surface area (Å²) < 4.78 is 0. The van der Waals surface area contributed by atoms with Crippen molar-refractivity contribution < 1.29 is 14.4 Å². The Hall–Kier alpha value is -3.15. The fourth-order valence-electron chi connectivity index (χ4n) is 2.74. The highest BCUT2D eigenvalue weighted by Crippen LogP contribution is 2.14. The fraction of sp³-hybridized carbons (Fsp3) is 0.318. The van der Waals surface area contributed by atoms with Crippen LogP contribution in [-0.2, 0) is 16.0 Å². The molecule has 3 amide bonds. The van der Waals surface area contributed by atoms with E-state index >= 15 is 0 Å². The summed E-state index contributed by atoms with van der Waals surface area (Å²) in [6, 6.07) is 16.6. The first-order valence-corrected chi connectivity index (χ1v) is 9.41. The smallest absolute Gasteiger partial charge is 0.251 e. The highest BCUT2D eigenvalue weighted by Gasteiger charge is 2.11. The molecule has 0 aliphatic rings. The van der Waals surface area contributed by atoms with E-state index in [1.165, 1.54) is 6.92 Å². The molecule has 1 atom stereocenters. The Morgan fingerprint density at radius 1 is 0.893 bits per heavy atom. The van der Waals surface area contributed by atoms with Gasteiger partial charge >= 0.3 is 0 Å². The highest BCUT2D eigenvalue weighted by atomic mass is 16.2. The third-order valence-corrected chi connectivity index (χ3v) is 4.27. The van der Waals surface area contributed by atoms with Crippen LogP contribution >= 0.6 is 0 Å². The average molecular weight is 381 g/mol. The molecule has 0 radical (unpaired) electrons. The lowest BCUT2D eigenvalue weighted by molar-refractivity contribution is -0.121. The number of amides is 3. The van der Waals surface area contributed by atoms with Gasteiger partial charge in [0, 0.05) is 25.6 Å². The molecule has 0 bridgehead atoms. The number of rotatable bonds is 9. The minimum absolute atomic E-state index is 0.0420. The molecule has 0 spiro atoms. The van der Waals surface area contributed by atoms with Crippen molar-refractivity contribution in [3.8, 4) is 0 Å². The Balaban J connectivity index is 1.79. The number of hydrogen-bond donors (Lipinski definition) is 3. The summed E-state index contributed by atoms with van der Waals surface area (Å²) in [5.74, 6) is -0.276. The molecule has 2 aromatic carbocycles. The van der Waals surface area contributed by atoms with Gasteiger partial charge in [0.05, 0.1) is 12.5 Å². The second-order valence-corrected chi connectivity index (χ2v) is 6.67. The van der Waals surface area contributed by atoms with Gasteiger partial charge in [-0.2, -0.15) is 0 Å². The largest absolute Gasteiger partial charge is 0.356 e. The van der Waals surface area contributed by atoms with E-state index in [9.17, 15) is 14.4 Å². The van der Waals surface area contributed by atoms with Gasteiger partial charge < -0.3 is 16.0 Å². The lowest BCUT2D eigenvalue weighted by Gasteiger charge is -2.15. The third kappa shape index (κ3) is 7.23. The molecule has 0 aliphatic carbocycles. The zero-order chi connectivity index (χ0) is 20.4. The van der Waals surface area contributed by atoms with E-state index in [2.05, 4.69) is 16.0 Å². The number of carbonyl (C=O) groups excluding carboxylic acids is 3. The molecule has 0 aromatic heterocycles. The predicted molar refractivity (Wildman–Crippen MR) is 109 cm³/mol. The third-order valence-electron chi connectivity index (χ3n) is 4.27. The first-order valence-electron chi connectivity index (χ1n) is 9.41. The van der Waals surface area contributed by atoms with Crippen LogP contribution in [0.4, 0.5) is 0 Å². The molecule has 0 saturated heterocycles. The lowest BCUT2D eigenvalue weighted by Crippen LogP contribution is -2.29. The Kier molecular flexibility index (Phi) is 8.21. The van der Waals surface area contributed by atoms with E-state index in [0.717, 1.165) is 11.1 Å². The lowest BCUT2D eigenvalue weighted by atomic mass is 10.0. The van der Waals surface area contributed by atoms with Gasteiger partial charge in [0.15, 0.2) is 0 Å². The second-order valence-electron chi connectivity index (χ2n) is 6.67. The van der Waals surface area contributed by atoms with Crippen molar-refractivity contribution in [2.45, 2.75) is 32.7 Å². The van der Waals surface area contributed by atoms with E-state index in [1.807, 2.05) is 49.4 Å². The van der Waals surface area contributed by atoms with Crippen molar-refractivity contribution in [2.24, 2.45) is 0 Å². The van der Waals surface area contributed by atoms with Gasteiger partial charge in [0.1, 0.15) is 0 Å². The molecule has 6 heteroatoms. The average Bonchev–Trinajstić information content (AvgIpc) is 2.68. The summed E-state index contributed by atoms with van der Waals surface area (Å²) in [5, 5.41) is 8.48. The van der Waals surface area contributed by atoms with Crippen LogP contribution in [0, 0.1) is 0 Å². The molecule has 0 heterocycles. The molecule has 28 heavy (non-hydrogen) atoms. The maximum absolute atomic E-state index is 12.2. The molecule has 3 N–H and O–H groups in total. The van der Waals surface area contributed by atoms with Gasteiger partial charge in [-0.3, -0.25) is 14.4 Å². The Bertz CT molecular complexity index is 788. The number of hydrogen-bond acceptors (Lipinski definition) is 3. The molecule has 6 nitrogen and oxygen atoms in total. The summed E-state index contributed by atoms with van der Waals surface area (Å²) in [4.78, 5) is 35.1.